The molecule has 0 spiro atoms. The summed E-state index contributed by atoms with van der Waals surface area (Å²) in [5.41, 5.74) is 1.64. The summed E-state index contributed by atoms with van der Waals surface area (Å²) in [5, 5.41) is 12.8. The van der Waals surface area contributed by atoms with Crippen molar-refractivity contribution < 1.29 is 4.79 Å². The highest BCUT2D eigenvalue weighted by molar-refractivity contribution is 14.1. The second-order valence-corrected chi connectivity index (χ2v) is 8.13. The fourth-order valence-corrected chi connectivity index (χ4v) is 3.95. The van der Waals surface area contributed by atoms with Gasteiger partial charge in [0, 0.05) is 34.8 Å². The Hall–Kier alpha value is -2.04. The number of piperazine rings is 1. The van der Waals surface area contributed by atoms with Crippen molar-refractivity contribution in [3.05, 3.63) is 68.5 Å². The minimum atomic E-state index is 0.0932. The average molecular weight is 509 g/mol. The van der Waals surface area contributed by atoms with Gasteiger partial charge in [0.05, 0.1) is 17.8 Å². The number of carbonyl (C=O) groups excluding carboxylic acids is 1. The van der Waals surface area contributed by atoms with Crippen molar-refractivity contribution in [3.63, 3.8) is 0 Å². The molecule has 7 nitrogen and oxygen atoms in total. The zero-order valence-corrected chi connectivity index (χ0v) is 17.9. The Morgan fingerprint density at radius 1 is 1.04 bits per heavy atom. The van der Waals surface area contributed by atoms with Crippen LogP contribution in [0.25, 0.3) is 5.69 Å². The lowest BCUT2D eigenvalue weighted by Gasteiger charge is -2.34. The van der Waals surface area contributed by atoms with Gasteiger partial charge in [-0.05, 0) is 69.4 Å². The van der Waals surface area contributed by atoms with Gasteiger partial charge < -0.3 is 4.90 Å². The summed E-state index contributed by atoms with van der Waals surface area (Å²) in [5.74, 6) is 0.857. The molecule has 0 saturated carbocycles. The quantitative estimate of drug-likeness (QED) is 0.507. The fraction of sp³-hybridized carbons (Fsp3) is 0.263. The van der Waals surface area contributed by atoms with Crippen LogP contribution in [0, 0.1) is 3.57 Å². The highest BCUT2D eigenvalue weighted by Gasteiger charge is 2.24. The molecule has 0 N–H and O–H groups in total. The van der Waals surface area contributed by atoms with E-state index in [0.717, 1.165) is 33.7 Å². The lowest BCUT2D eigenvalue weighted by molar-refractivity contribution is 0.0623. The second-order valence-electron chi connectivity index (χ2n) is 6.53. The van der Waals surface area contributed by atoms with E-state index in [2.05, 4.69) is 43.0 Å². The molecule has 0 atom stereocenters. The van der Waals surface area contributed by atoms with E-state index in [1.54, 1.807) is 4.68 Å². The highest BCUT2D eigenvalue weighted by Crippen LogP contribution is 2.17. The predicted octanol–water partition coefficient (Wildman–Crippen LogP) is 2.88. The number of carbonyl (C=O) groups is 1. The highest BCUT2D eigenvalue weighted by atomic mass is 127. The number of tetrazole rings is 1. The van der Waals surface area contributed by atoms with Crippen LogP contribution in [0.2, 0.25) is 5.02 Å². The van der Waals surface area contributed by atoms with Gasteiger partial charge in [-0.1, -0.05) is 23.7 Å². The minimum Gasteiger partial charge on any atom is -0.336 e. The van der Waals surface area contributed by atoms with Gasteiger partial charge in [-0.25, -0.2) is 0 Å². The molecule has 0 radical (unpaired) electrons. The van der Waals surface area contributed by atoms with Crippen molar-refractivity contribution in [1.82, 2.24) is 30.0 Å². The number of benzene rings is 2. The van der Waals surface area contributed by atoms with Crippen molar-refractivity contribution in [2.45, 2.75) is 6.54 Å². The number of nitrogens with zero attached hydrogens (tertiary/aromatic N) is 6. The molecule has 2 heterocycles. The molecule has 1 fully saturated rings. The maximum absolute atomic E-state index is 12.8. The molecule has 1 saturated heterocycles. The van der Waals surface area contributed by atoms with Crippen LogP contribution in [0.5, 0.6) is 0 Å². The van der Waals surface area contributed by atoms with Gasteiger partial charge in [0.1, 0.15) is 0 Å². The van der Waals surface area contributed by atoms with Gasteiger partial charge in [0.15, 0.2) is 5.82 Å². The molecule has 9 heteroatoms. The first-order valence-electron chi connectivity index (χ1n) is 8.91. The normalized spacial score (nSPS) is 15.0. The van der Waals surface area contributed by atoms with Gasteiger partial charge >= 0.3 is 0 Å². The van der Waals surface area contributed by atoms with Crippen LogP contribution in [0.1, 0.15) is 16.2 Å². The average Bonchev–Trinajstić information content (AvgIpc) is 3.17. The Labute approximate surface area is 181 Å². The summed E-state index contributed by atoms with van der Waals surface area (Å²) in [6.07, 6.45) is 0. The maximum Gasteiger partial charge on any atom is 0.255 e. The molecule has 0 unspecified atom stereocenters. The lowest BCUT2D eigenvalue weighted by Crippen LogP contribution is -2.48. The van der Waals surface area contributed by atoms with Crippen LogP contribution in [-0.2, 0) is 6.54 Å². The lowest BCUT2D eigenvalue weighted by atomic mass is 10.2. The largest absolute Gasteiger partial charge is 0.336 e. The molecule has 3 aromatic rings. The van der Waals surface area contributed by atoms with E-state index in [-0.39, 0.29) is 5.91 Å². The van der Waals surface area contributed by atoms with Gasteiger partial charge in [0.2, 0.25) is 0 Å². The van der Waals surface area contributed by atoms with Crippen molar-refractivity contribution in [1.29, 1.82) is 0 Å². The Bertz CT molecular complexity index is 969. The van der Waals surface area contributed by atoms with Crippen molar-refractivity contribution >= 4 is 40.1 Å². The third-order valence-electron chi connectivity index (χ3n) is 4.73. The maximum atomic E-state index is 12.8. The second kappa shape index (κ2) is 8.54. The van der Waals surface area contributed by atoms with Crippen LogP contribution in [0.15, 0.2) is 48.5 Å². The molecule has 0 aliphatic carbocycles. The topological polar surface area (TPSA) is 67.2 Å². The molecule has 1 aliphatic rings. The number of hydrogen-bond donors (Lipinski definition) is 0. The Balaban J connectivity index is 1.39. The molecular formula is C19H18ClIN6O. The van der Waals surface area contributed by atoms with Gasteiger partial charge in [-0.15, -0.1) is 5.10 Å². The SMILES string of the molecule is O=C(c1ccccc1I)N1CCN(Cc2nnnn2-c2ccc(Cl)cc2)CC1. The standard InChI is InChI=1S/C19H18ClIN6O/c20-14-5-7-15(8-6-14)27-18(22-23-24-27)13-25-9-11-26(12-10-25)19(28)16-3-1-2-4-17(16)21/h1-8H,9-13H2. The fourth-order valence-electron chi connectivity index (χ4n) is 3.20. The molecular weight excluding hydrogens is 491 g/mol. The zero-order chi connectivity index (χ0) is 19.5. The summed E-state index contributed by atoms with van der Waals surface area (Å²) < 4.78 is 2.70. The molecule has 4 rings (SSSR count). The number of amides is 1. The first kappa shape index (κ1) is 19.3. The first-order chi connectivity index (χ1) is 13.6. The number of aromatic nitrogens is 4. The minimum absolute atomic E-state index is 0.0932. The van der Waals surface area contributed by atoms with Gasteiger partial charge in [-0.3, -0.25) is 9.69 Å². The molecule has 144 valence electrons. The smallest absolute Gasteiger partial charge is 0.255 e. The van der Waals surface area contributed by atoms with E-state index in [1.807, 2.05) is 53.4 Å². The molecule has 2 aromatic carbocycles. The van der Waals surface area contributed by atoms with Crippen LogP contribution in [0.4, 0.5) is 0 Å². The Morgan fingerprint density at radius 2 is 1.75 bits per heavy atom. The summed E-state index contributed by atoms with van der Waals surface area (Å²) >= 11 is 8.17. The van der Waals surface area contributed by atoms with Crippen molar-refractivity contribution in [3.8, 4) is 5.69 Å². The van der Waals surface area contributed by atoms with E-state index in [4.69, 9.17) is 11.6 Å². The van der Waals surface area contributed by atoms with Crippen LogP contribution >= 0.6 is 34.2 Å². The van der Waals surface area contributed by atoms with Gasteiger partial charge in [0.25, 0.3) is 5.91 Å². The number of halogens is 2. The van der Waals surface area contributed by atoms with E-state index in [1.165, 1.54) is 0 Å². The summed E-state index contributed by atoms with van der Waals surface area (Å²) in [6.45, 7) is 3.56. The molecule has 1 amide bonds. The van der Waals surface area contributed by atoms with E-state index >= 15 is 0 Å². The van der Waals surface area contributed by atoms with E-state index in [9.17, 15) is 4.79 Å². The molecule has 1 aliphatic heterocycles. The van der Waals surface area contributed by atoms with Gasteiger partial charge in [-0.2, -0.15) is 4.68 Å². The molecule has 28 heavy (non-hydrogen) atoms. The Morgan fingerprint density at radius 3 is 2.46 bits per heavy atom. The molecule has 0 bridgehead atoms. The third kappa shape index (κ3) is 4.18. The van der Waals surface area contributed by atoms with Crippen molar-refractivity contribution in [2.75, 3.05) is 26.2 Å². The van der Waals surface area contributed by atoms with E-state index in [0.29, 0.717) is 24.7 Å². The molecule has 1 aromatic heterocycles. The van der Waals surface area contributed by atoms with E-state index < -0.39 is 0 Å². The monoisotopic (exact) mass is 508 g/mol. The summed E-state index contributed by atoms with van der Waals surface area (Å²) in [7, 11) is 0. The predicted molar refractivity (Wildman–Crippen MR) is 115 cm³/mol. The Kier molecular flexibility index (Phi) is 5.88. The van der Waals surface area contributed by atoms with Crippen LogP contribution in [-0.4, -0.2) is 62.1 Å². The summed E-state index contributed by atoms with van der Waals surface area (Å²) in [6, 6.07) is 15.1. The van der Waals surface area contributed by atoms with Crippen LogP contribution < -0.4 is 0 Å². The van der Waals surface area contributed by atoms with Crippen LogP contribution in [0.3, 0.4) is 0 Å². The van der Waals surface area contributed by atoms with Crippen molar-refractivity contribution in [2.24, 2.45) is 0 Å². The zero-order valence-electron chi connectivity index (χ0n) is 15.0. The first-order valence-corrected chi connectivity index (χ1v) is 10.4. The third-order valence-corrected chi connectivity index (χ3v) is 5.93. The number of hydrogen-bond acceptors (Lipinski definition) is 5. The summed E-state index contributed by atoms with van der Waals surface area (Å²) in [4.78, 5) is 16.9. The number of rotatable bonds is 4.